The third-order valence-electron chi connectivity index (χ3n) is 3.66. The van der Waals surface area contributed by atoms with Crippen LogP contribution in [0.3, 0.4) is 0 Å². The monoisotopic (exact) mass is 409 g/mol. The van der Waals surface area contributed by atoms with Crippen LogP contribution in [0.25, 0.3) is 11.5 Å². The Morgan fingerprint density at radius 2 is 2.03 bits per heavy atom. The van der Waals surface area contributed by atoms with Crippen LogP contribution in [0.1, 0.15) is 17.1 Å². The summed E-state index contributed by atoms with van der Waals surface area (Å²) < 4.78 is 52.1. The van der Waals surface area contributed by atoms with Gasteiger partial charge < -0.3 is 14.0 Å². The minimum Gasteiger partial charge on any atom is -0.496 e. The molecule has 29 heavy (non-hydrogen) atoms. The van der Waals surface area contributed by atoms with Gasteiger partial charge in [0.2, 0.25) is 5.82 Å². The van der Waals surface area contributed by atoms with E-state index in [1.54, 1.807) is 19.2 Å². The highest BCUT2D eigenvalue weighted by Crippen LogP contribution is 2.29. The first-order chi connectivity index (χ1) is 13.8. The quantitative estimate of drug-likeness (QED) is 0.680. The number of carbonyl (C=O) groups excluding carboxylic acids is 1. The Hall–Kier alpha value is -3.70. The molecule has 3 rings (SSSR count). The van der Waals surface area contributed by atoms with Crippen molar-refractivity contribution in [1.82, 2.24) is 20.1 Å². The number of rotatable bonds is 5. The van der Waals surface area contributed by atoms with Crippen LogP contribution in [0, 0.1) is 6.92 Å². The zero-order chi connectivity index (χ0) is 21.0. The fourth-order valence-electron chi connectivity index (χ4n) is 2.27. The average molecular weight is 409 g/mol. The number of carbonyl (C=O) groups is 1. The van der Waals surface area contributed by atoms with Crippen LogP contribution in [0.2, 0.25) is 0 Å². The number of hydrogen-bond acceptors (Lipinski definition) is 8. The highest BCUT2D eigenvalue weighted by Gasteiger charge is 2.38. The lowest BCUT2D eigenvalue weighted by atomic mass is 10.2. The topological polar surface area (TPSA) is 112 Å². The SMILES string of the molecule is COc1ccncc1COC(=O)Nc1ccc(-c2noc(C(F)(F)F)n2)nc1C. The smallest absolute Gasteiger partial charge is 0.471 e. The first-order valence-electron chi connectivity index (χ1n) is 8.07. The number of aromatic nitrogens is 4. The molecule has 0 bridgehead atoms. The standard InChI is InChI=1S/C17H14F3N5O4/c1-9-11(23-16(26)28-8-10-7-21-6-5-13(10)27-2)3-4-12(22-9)14-24-15(29-25-14)17(18,19)20/h3-7H,8H2,1-2H3,(H,23,26). The molecule has 0 aliphatic heterocycles. The van der Waals surface area contributed by atoms with Crippen LogP contribution >= 0.6 is 0 Å². The van der Waals surface area contributed by atoms with Crippen molar-refractivity contribution in [2.75, 3.05) is 12.4 Å². The zero-order valence-electron chi connectivity index (χ0n) is 15.1. The molecule has 3 aromatic rings. The third-order valence-corrected chi connectivity index (χ3v) is 3.66. The molecule has 0 aliphatic carbocycles. The molecule has 3 aromatic heterocycles. The van der Waals surface area contributed by atoms with Gasteiger partial charge in [0.05, 0.1) is 18.5 Å². The molecule has 0 saturated heterocycles. The molecule has 152 valence electrons. The Bertz CT molecular complexity index is 1020. The van der Waals surface area contributed by atoms with Gasteiger partial charge in [0.25, 0.3) is 0 Å². The average Bonchev–Trinajstić information content (AvgIpc) is 3.19. The molecule has 0 atom stereocenters. The summed E-state index contributed by atoms with van der Waals surface area (Å²) in [5, 5.41) is 5.76. The van der Waals surface area contributed by atoms with Crippen LogP contribution in [0.15, 0.2) is 35.1 Å². The number of pyridine rings is 2. The van der Waals surface area contributed by atoms with Crippen molar-refractivity contribution < 1.29 is 32.0 Å². The lowest BCUT2D eigenvalue weighted by Crippen LogP contribution is -2.15. The Morgan fingerprint density at radius 1 is 1.24 bits per heavy atom. The summed E-state index contributed by atoms with van der Waals surface area (Å²) in [6, 6.07) is 4.41. The third kappa shape index (κ3) is 4.78. The predicted molar refractivity (Wildman–Crippen MR) is 91.9 cm³/mol. The number of anilines is 1. The number of alkyl halides is 3. The van der Waals surface area contributed by atoms with Crippen molar-refractivity contribution in [3.63, 3.8) is 0 Å². The van der Waals surface area contributed by atoms with E-state index in [0.29, 0.717) is 22.7 Å². The first kappa shape index (κ1) is 20.0. The Morgan fingerprint density at radius 3 is 2.69 bits per heavy atom. The molecule has 1 N–H and O–H groups in total. The van der Waals surface area contributed by atoms with Gasteiger partial charge in [-0.25, -0.2) is 9.78 Å². The number of hydrogen-bond donors (Lipinski definition) is 1. The Balaban J connectivity index is 1.66. The van der Waals surface area contributed by atoms with Gasteiger partial charge in [0.15, 0.2) is 0 Å². The number of nitrogens with one attached hydrogen (secondary N) is 1. The van der Waals surface area contributed by atoms with Gasteiger partial charge in [0, 0.05) is 18.0 Å². The van der Waals surface area contributed by atoms with Gasteiger partial charge in [-0.3, -0.25) is 10.3 Å². The second-order valence-electron chi connectivity index (χ2n) is 5.64. The van der Waals surface area contributed by atoms with Crippen molar-refractivity contribution in [1.29, 1.82) is 0 Å². The van der Waals surface area contributed by atoms with Crippen molar-refractivity contribution >= 4 is 11.8 Å². The number of aryl methyl sites for hydroxylation is 1. The Labute approximate surface area is 161 Å². The molecule has 12 heteroatoms. The minimum atomic E-state index is -4.75. The van der Waals surface area contributed by atoms with Crippen molar-refractivity contribution in [2.45, 2.75) is 19.7 Å². The number of ether oxygens (including phenoxy) is 2. The maximum atomic E-state index is 12.6. The van der Waals surface area contributed by atoms with Gasteiger partial charge in [-0.1, -0.05) is 5.16 Å². The fraction of sp³-hybridized carbons (Fsp3) is 0.235. The van der Waals surface area contributed by atoms with Gasteiger partial charge >= 0.3 is 18.2 Å². The summed E-state index contributed by atoms with van der Waals surface area (Å²) >= 11 is 0. The minimum absolute atomic E-state index is 0.0563. The molecule has 0 aromatic carbocycles. The van der Waals surface area contributed by atoms with Crippen LogP contribution in [-0.2, 0) is 17.5 Å². The maximum Gasteiger partial charge on any atom is 0.471 e. The Kier molecular flexibility index (Phi) is 5.61. The molecule has 0 aliphatic rings. The van der Waals surface area contributed by atoms with E-state index in [1.165, 1.54) is 25.4 Å². The van der Waals surface area contributed by atoms with E-state index in [4.69, 9.17) is 9.47 Å². The summed E-state index contributed by atoms with van der Waals surface area (Å²) in [6.45, 7) is 1.48. The van der Waals surface area contributed by atoms with Gasteiger partial charge in [-0.05, 0) is 25.1 Å². The van der Waals surface area contributed by atoms with Crippen LogP contribution in [0.5, 0.6) is 5.75 Å². The highest BCUT2D eigenvalue weighted by atomic mass is 19.4. The van der Waals surface area contributed by atoms with Crippen LogP contribution in [-0.4, -0.2) is 33.3 Å². The molecular formula is C17H14F3N5O4. The molecule has 0 fully saturated rings. The van der Waals surface area contributed by atoms with Crippen LogP contribution in [0.4, 0.5) is 23.7 Å². The lowest BCUT2D eigenvalue weighted by molar-refractivity contribution is -0.159. The van der Waals surface area contributed by atoms with E-state index in [9.17, 15) is 18.0 Å². The largest absolute Gasteiger partial charge is 0.496 e. The summed E-state index contributed by atoms with van der Waals surface area (Å²) in [6.07, 6.45) is -2.45. The highest BCUT2D eigenvalue weighted by molar-refractivity contribution is 5.85. The molecular weight excluding hydrogens is 395 g/mol. The van der Waals surface area contributed by atoms with Crippen molar-refractivity contribution in [3.8, 4) is 17.3 Å². The summed E-state index contributed by atoms with van der Waals surface area (Å²) in [5.41, 5.74) is 1.25. The van der Waals surface area contributed by atoms with E-state index >= 15 is 0 Å². The normalized spacial score (nSPS) is 11.2. The molecule has 3 heterocycles. The summed E-state index contributed by atoms with van der Waals surface area (Å²) in [7, 11) is 1.48. The van der Waals surface area contributed by atoms with Crippen molar-refractivity contribution in [2.24, 2.45) is 0 Å². The molecule has 0 saturated carbocycles. The molecule has 9 nitrogen and oxygen atoms in total. The number of halogens is 3. The molecule has 0 spiro atoms. The van der Waals surface area contributed by atoms with E-state index < -0.39 is 18.2 Å². The number of amides is 1. The predicted octanol–water partition coefficient (Wildman–Crippen LogP) is 3.61. The van der Waals surface area contributed by atoms with Crippen molar-refractivity contribution in [3.05, 3.63) is 47.7 Å². The van der Waals surface area contributed by atoms with E-state index in [2.05, 4.69) is 29.9 Å². The molecule has 0 unspecified atom stereocenters. The van der Waals surface area contributed by atoms with E-state index in [-0.39, 0.29) is 18.1 Å². The molecule has 1 amide bonds. The lowest BCUT2D eigenvalue weighted by Gasteiger charge is -2.11. The number of methoxy groups -OCH3 is 1. The summed E-state index contributed by atoms with van der Waals surface area (Å²) in [4.78, 5) is 23.3. The van der Waals surface area contributed by atoms with Gasteiger partial charge in [0.1, 0.15) is 18.1 Å². The summed E-state index contributed by atoms with van der Waals surface area (Å²) in [5.74, 6) is -1.27. The first-order valence-corrected chi connectivity index (χ1v) is 8.07. The van der Waals surface area contributed by atoms with Gasteiger partial charge in [-0.15, -0.1) is 0 Å². The van der Waals surface area contributed by atoms with Gasteiger partial charge in [-0.2, -0.15) is 18.2 Å². The fourth-order valence-corrected chi connectivity index (χ4v) is 2.27. The number of nitrogens with zero attached hydrogens (tertiary/aromatic N) is 4. The van der Waals surface area contributed by atoms with E-state index in [1.807, 2.05) is 0 Å². The molecule has 0 radical (unpaired) electrons. The van der Waals surface area contributed by atoms with Crippen LogP contribution < -0.4 is 10.1 Å². The second-order valence-corrected chi connectivity index (χ2v) is 5.64. The zero-order valence-corrected chi connectivity index (χ0v) is 15.1. The van der Waals surface area contributed by atoms with E-state index in [0.717, 1.165) is 0 Å². The second kappa shape index (κ2) is 8.12. The maximum absolute atomic E-state index is 12.6.